The third-order valence-corrected chi connectivity index (χ3v) is 2.13. The molecule has 0 saturated heterocycles. The molecule has 3 aromatic rings. The largest absolute Gasteiger partial charge is 0.378 e. The summed E-state index contributed by atoms with van der Waals surface area (Å²) in [4.78, 5) is 3.14. The van der Waals surface area contributed by atoms with Gasteiger partial charge in [-0.1, -0.05) is 11.6 Å². The molecule has 0 radical (unpaired) electrons. The van der Waals surface area contributed by atoms with E-state index >= 15 is 0 Å². The standard InChI is InChI=1S/C9H8N.C5H5.CH.Fe/c1-2-5-8(4-1)9-6-3-7-10-9;1-2-4-5-3-1;;/h1-7,10H;1-5H;1H;/q2*-1;;. The Bertz CT molecular complexity index is 423. The van der Waals surface area contributed by atoms with Gasteiger partial charge in [0.25, 0.3) is 0 Å². The van der Waals surface area contributed by atoms with Crippen LogP contribution in [0.15, 0.2) is 72.9 Å². The van der Waals surface area contributed by atoms with Crippen molar-refractivity contribution in [3.63, 3.8) is 0 Å². The molecular formula is C15H14FeN-2. The van der Waals surface area contributed by atoms with Crippen LogP contribution < -0.4 is 0 Å². The molecule has 1 heterocycles. The Morgan fingerprint density at radius 1 is 1.00 bits per heavy atom. The van der Waals surface area contributed by atoms with Crippen molar-refractivity contribution in [2.75, 3.05) is 0 Å². The minimum absolute atomic E-state index is 1.19. The molecule has 1 nitrogen and oxygen atoms in total. The molecule has 1 aromatic heterocycles. The van der Waals surface area contributed by atoms with E-state index in [4.69, 9.17) is 0 Å². The van der Waals surface area contributed by atoms with Crippen LogP contribution in [0.25, 0.3) is 11.3 Å². The second-order valence-corrected chi connectivity index (χ2v) is 3.22. The second kappa shape index (κ2) is 8.43. The minimum Gasteiger partial charge on any atom is -0.378 e. The summed E-state index contributed by atoms with van der Waals surface area (Å²) in [7, 11) is 0. The van der Waals surface area contributed by atoms with E-state index in [1.54, 1.807) is 0 Å². The van der Waals surface area contributed by atoms with Crippen molar-refractivity contribution < 1.29 is 15.4 Å². The quantitative estimate of drug-likeness (QED) is 0.506. The van der Waals surface area contributed by atoms with Crippen LogP contribution in [-0.4, -0.2) is 4.98 Å². The van der Waals surface area contributed by atoms with E-state index in [-0.39, 0.29) is 0 Å². The van der Waals surface area contributed by atoms with Crippen LogP contribution in [0.3, 0.4) is 0 Å². The first kappa shape index (κ1) is 13.3. The summed E-state index contributed by atoms with van der Waals surface area (Å²) < 4.78 is 0. The Hall–Kier alpha value is -1.72. The fraction of sp³-hybridized carbons (Fsp3) is 0. The number of aromatic amines is 1. The van der Waals surface area contributed by atoms with Gasteiger partial charge >= 0.3 is 20.6 Å². The first-order valence-corrected chi connectivity index (χ1v) is 5.83. The normalized spacial score (nSPS) is 8.41. The van der Waals surface area contributed by atoms with E-state index in [2.05, 4.69) is 43.8 Å². The molecule has 0 spiro atoms. The van der Waals surface area contributed by atoms with E-state index in [0.29, 0.717) is 0 Å². The average molecular weight is 264 g/mol. The predicted octanol–water partition coefficient (Wildman–Crippen LogP) is 3.93. The Morgan fingerprint density at radius 3 is 2.06 bits per heavy atom. The Labute approximate surface area is 110 Å². The Kier molecular flexibility index (Phi) is 6.62. The topological polar surface area (TPSA) is 15.8 Å². The second-order valence-electron chi connectivity index (χ2n) is 3.22. The number of hydrogen-bond acceptors (Lipinski definition) is 0. The van der Waals surface area contributed by atoms with Gasteiger partial charge in [0.15, 0.2) is 0 Å². The zero-order valence-electron chi connectivity index (χ0n) is 9.36. The summed E-state index contributed by atoms with van der Waals surface area (Å²) in [5, 5.41) is 4.25. The van der Waals surface area contributed by atoms with Crippen LogP contribution in [0.5, 0.6) is 0 Å². The third kappa shape index (κ3) is 4.75. The van der Waals surface area contributed by atoms with E-state index < -0.39 is 0 Å². The van der Waals surface area contributed by atoms with Gasteiger partial charge in [0, 0.05) is 0 Å². The maximum absolute atomic E-state index is 4.25. The van der Waals surface area contributed by atoms with Crippen molar-refractivity contribution in [1.29, 1.82) is 0 Å². The van der Waals surface area contributed by atoms with Crippen LogP contribution in [0.2, 0.25) is 0 Å². The van der Waals surface area contributed by atoms with Crippen LogP contribution in [0, 0.1) is 5.23 Å². The smallest absolute Gasteiger partial charge is 0.00968 e. The summed E-state index contributed by atoms with van der Waals surface area (Å²) in [5.74, 6) is 0. The van der Waals surface area contributed by atoms with E-state index in [1.165, 1.54) is 11.3 Å². The van der Waals surface area contributed by atoms with Gasteiger partial charge < -0.3 is 4.98 Å². The minimum atomic E-state index is 1.19. The molecule has 17 heavy (non-hydrogen) atoms. The van der Waals surface area contributed by atoms with Crippen molar-refractivity contribution in [1.82, 2.24) is 4.98 Å². The van der Waals surface area contributed by atoms with Gasteiger partial charge in [0.1, 0.15) is 0 Å². The van der Waals surface area contributed by atoms with Gasteiger partial charge in [0.05, 0.1) is 0 Å². The van der Waals surface area contributed by atoms with Crippen LogP contribution in [-0.2, 0) is 15.4 Å². The number of nitrogens with one attached hydrogen (secondary N) is 1. The fourth-order valence-electron chi connectivity index (χ4n) is 1.38. The van der Waals surface area contributed by atoms with Crippen molar-refractivity contribution in [3.05, 3.63) is 72.9 Å². The van der Waals surface area contributed by atoms with Crippen LogP contribution >= 0.6 is 0 Å². The summed E-state index contributed by atoms with van der Waals surface area (Å²) >= 11 is 2.75. The molecule has 2 heteroatoms. The SMILES string of the molecule is [CH]#[Fe].c1c[nH]c(-[c-]2cccc2)c1.c1cc[cH-]c1. The molecule has 2 aromatic carbocycles. The van der Waals surface area contributed by atoms with Crippen LogP contribution in [0.4, 0.5) is 0 Å². The van der Waals surface area contributed by atoms with Gasteiger partial charge in [-0.3, -0.25) is 0 Å². The van der Waals surface area contributed by atoms with Gasteiger partial charge in [-0.2, -0.15) is 30.3 Å². The fourth-order valence-corrected chi connectivity index (χ4v) is 1.38. The van der Waals surface area contributed by atoms with Crippen molar-refractivity contribution in [2.45, 2.75) is 0 Å². The number of H-pyrrole nitrogens is 1. The summed E-state index contributed by atoms with van der Waals surface area (Å²) in [6.45, 7) is 0. The van der Waals surface area contributed by atoms with Gasteiger partial charge in [0.2, 0.25) is 0 Å². The Morgan fingerprint density at radius 2 is 1.65 bits per heavy atom. The van der Waals surface area contributed by atoms with Crippen molar-refractivity contribution in [3.8, 4) is 16.5 Å². The molecule has 0 unspecified atom stereocenters. The molecule has 0 fully saturated rings. The zero-order valence-corrected chi connectivity index (χ0v) is 10.5. The van der Waals surface area contributed by atoms with E-state index in [9.17, 15) is 0 Å². The third-order valence-electron chi connectivity index (χ3n) is 2.13. The van der Waals surface area contributed by atoms with Gasteiger partial charge in [-0.25, -0.2) is 12.1 Å². The summed E-state index contributed by atoms with van der Waals surface area (Å²) in [5.41, 5.74) is 2.44. The van der Waals surface area contributed by atoms with Gasteiger partial charge in [-0.15, -0.1) is 18.2 Å². The van der Waals surface area contributed by atoms with Crippen LogP contribution in [0.1, 0.15) is 0 Å². The molecule has 1 N–H and O–H groups in total. The molecule has 0 saturated carbocycles. The molecule has 89 valence electrons. The number of hydrogen-bond donors (Lipinski definition) is 1. The molecule has 0 atom stereocenters. The van der Waals surface area contributed by atoms with E-state index in [0.717, 1.165) is 0 Å². The molecule has 0 aliphatic rings. The zero-order chi connectivity index (χ0) is 12.3. The number of aromatic nitrogens is 1. The maximum Gasteiger partial charge on any atom is -0.00968 e. The number of rotatable bonds is 1. The van der Waals surface area contributed by atoms with Gasteiger partial charge in [-0.05, 0) is 11.9 Å². The maximum atomic E-state index is 4.25. The molecule has 0 aliphatic heterocycles. The van der Waals surface area contributed by atoms with Crippen molar-refractivity contribution >= 4 is 0 Å². The molecular weight excluding hydrogens is 250 g/mol. The van der Waals surface area contributed by atoms with E-state index in [1.807, 2.05) is 54.7 Å². The Balaban J connectivity index is 0.000000175. The molecule has 3 rings (SSSR count). The predicted molar refractivity (Wildman–Crippen MR) is 68.8 cm³/mol. The summed E-state index contributed by atoms with van der Waals surface area (Å²) in [6, 6.07) is 22.3. The molecule has 0 aliphatic carbocycles. The average Bonchev–Trinajstić information content (AvgIpc) is 3.15. The summed E-state index contributed by atoms with van der Waals surface area (Å²) in [6.07, 6.45) is 1.93. The van der Waals surface area contributed by atoms with Crippen molar-refractivity contribution in [2.24, 2.45) is 0 Å². The first-order valence-electron chi connectivity index (χ1n) is 5.19. The molecule has 0 bridgehead atoms. The monoisotopic (exact) mass is 264 g/mol. The first-order chi connectivity index (χ1) is 8.47. The molecule has 0 amide bonds.